The Morgan fingerprint density at radius 1 is 0.878 bits per heavy atom. The van der Waals surface area contributed by atoms with Crippen LogP contribution in [-0.2, 0) is 13.2 Å². The lowest BCUT2D eigenvalue weighted by molar-refractivity contribution is 0.0946. The first kappa shape index (κ1) is 27.8. The summed E-state index contributed by atoms with van der Waals surface area (Å²) >= 11 is 12.3. The van der Waals surface area contributed by atoms with Crippen LogP contribution in [0.1, 0.15) is 31.8 Å². The summed E-state index contributed by atoms with van der Waals surface area (Å²) in [6, 6.07) is 25.4. The van der Waals surface area contributed by atoms with Crippen molar-refractivity contribution in [3.63, 3.8) is 0 Å². The SMILES string of the molecule is Nc1ccccc1NC(=O)c1ccc(CNC(=O)c2cc3ccc(OCc4cccc(Cl)c4Cl)cc3oc2=O)cc1. The van der Waals surface area contributed by atoms with E-state index in [-0.39, 0.29) is 30.2 Å². The number of carbonyl (C=O) groups excluding carboxylic acids is 2. The quantitative estimate of drug-likeness (QED) is 0.142. The zero-order valence-corrected chi connectivity index (χ0v) is 23.0. The van der Waals surface area contributed by atoms with Crippen LogP contribution in [0.15, 0.2) is 100 Å². The summed E-state index contributed by atoms with van der Waals surface area (Å²) in [4.78, 5) is 37.9. The van der Waals surface area contributed by atoms with Crippen molar-refractivity contribution in [3.8, 4) is 5.75 Å². The van der Waals surface area contributed by atoms with Crippen molar-refractivity contribution < 1.29 is 18.7 Å². The van der Waals surface area contributed by atoms with Crippen LogP contribution < -0.4 is 26.7 Å². The van der Waals surface area contributed by atoms with E-state index < -0.39 is 11.5 Å². The van der Waals surface area contributed by atoms with Crippen molar-refractivity contribution in [1.29, 1.82) is 0 Å². The third-order valence-electron chi connectivity index (χ3n) is 6.26. The van der Waals surface area contributed by atoms with Gasteiger partial charge < -0.3 is 25.5 Å². The number of ether oxygens (including phenoxy) is 1. The number of hydrogen-bond donors (Lipinski definition) is 3. The van der Waals surface area contributed by atoms with Gasteiger partial charge in [0, 0.05) is 29.1 Å². The molecule has 2 amide bonds. The molecule has 1 aromatic heterocycles. The van der Waals surface area contributed by atoms with Gasteiger partial charge in [-0.15, -0.1) is 0 Å². The van der Waals surface area contributed by atoms with E-state index in [4.69, 9.17) is 38.1 Å². The highest BCUT2D eigenvalue weighted by Gasteiger charge is 2.15. The standard InChI is InChI=1S/C31H23Cl2N3O5/c32-24-5-3-4-21(28(24)33)17-40-22-13-12-20-14-23(31(39)41-27(20)15-22)30(38)35-16-18-8-10-19(11-9-18)29(37)36-26-7-2-1-6-25(26)34/h1-15H,16-17,34H2,(H,35,38)(H,36,37). The number of para-hydroxylation sites is 2. The summed E-state index contributed by atoms with van der Waals surface area (Å²) in [5.74, 6) is -0.440. The lowest BCUT2D eigenvalue weighted by Crippen LogP contribution is -2.27. The zero-order chi connectivity index (χ0) is 28.9. The molecular formula is C31H23Cl2N3O5. The Hall–Kier alpha value is -4.79. The smallest absolute Gasteiger partial charge is 0.349 e. The average Bonchev–Trinajstić information content (AvgIpc) is 2.97. The molecule has 0 fully saturated rings. The molecule has 0 atom stereocenters. The molecule has 0 aliphatic rings. The number of nitrogen functional groups attached to an aromatic ring is 1. The number of hydrogen-bond acceptors (Lipinski definition) is 6. The number of anilines is 2. The van der Waals surface area contributed by atoms with Crippen LogP contribution in [-0.4, -0.2) is 11.8 Å². The Bertz CT molecular complexity index is 1820. The molecule has 10 heteroatoms. The monoisotopic (exact) mass is 587 g/mol. The average molecular weight is 588 g/mol. The molecule has 1 heterocycles. The lowest BCUT2D eigenvalue weighted by atomic mass is 10.1. The minimum absolute atomic E-state index is 0.131. The van der Waals surface area contributed by atoms with Crippen molar-refractivity contribution in [1.82, 2.24) is 5.32 Å². The predicted molar refractivity (Wildman–Crippen MR) is 160 cm³/mol. The topological polar surface area (TPSA) is 124 Å². The minimum atomic E-state index is -0.780. The first-order valence-corrected chi connectivity index (χ1v) is 13.2. The van der Waals surface area contributed by atoms with Gasteiger partial charge in [0.1, 0.15) is 23.5 Å². The fourth-order valence-electron chi connectivity index (χ4n) is 4.02. The number of rotatable bonds is 8. The maximum atomic E-state index is 12.8. The molecule has 0 unspecified atom stereocenters. The minimum Gasteiger partial charge on any atom is -0.489 e. The maximum Gasteiger partial charge on any atom is 0.349 e. The number of carbonyl (C=O) groups is 2. The van der Waals surface area contributed by atoms with E-state index in [1.54, 1.807) is 84.9 Å². The Morgan fingerprint density at radius 3 is 2.44 bits per heavy atom. The van der Waals surface area contributed by atoms with Crippen LogP contribution in [0.4, 0.5) is 11.4 Å². The summed E-state index contributed by atoms with van der Waals surface area (Å²) in [6.45, 7) is 0.311. The van der Waals surface area contributed by atoms with Gasteiger partial charge in [0.05, 0.1) is 21.4 Å². The van der Waals surface area contributed by atoms with E-state index in [0.29, 0.717) is 43.7 Å². The van der Waals surface area contributed by atoms with Gasteiger partial charge in [-0.2, -0.15) is 0 Å². The molecule has 5 rings (SSSR count). The van der Waals surface area contributed by atoms with Gasteiger partial charge in [-0.05, 0) is 54.1 Å². The lowest BCUT2D eigenvalue weighted by Gasteiger charge is -2.10. The molecule has 0 aliphatic carbocycles. The molecule has 4 aromatic carbocycles. The summed E-state index contributed by atoms with van der Waals surface area (Å²) in [5, 5.41) is 6.87. The molecule has 0 bridgehead atoms. The second-order valence-electron chi connectivity index (χ2n) is 9.07. The van der Waals surface area contributed by atoms with Crippen LogP contribution in [0, 0.1) is 0 Å². The number of amides is 2. The highest BCUT2D eigenvalue weighted by molar-refractivity contribution is 6.42. The first-order chi connectivity index (χ1) is 19.8. The Labute approximate surface area is 244 Å². The zero-order valence-electron chi connectivity index (χ0n) is 21.4. The highest BCUT2D eigenvalue weighted by Crippen LogP contribution is 2.27. The second kappa shape index (κ2) is 12.2. The normalized spacial score (nSPS) is 10.8. The van der Waals surface area contributed by atoms with Crippen molar-refractivity contribution in [3.05, 3.63) is 134 Å². The molecule has 0 aliphatic heterocycles. The van der Waals surface area contributed by atoms with Gasteiger partial charge in [0.15, 0.2) is 0 Å². The third-order valence-corrected chi connectivity index (χ3v) is 7.11. The fraction of sp³-hybridized carbons (Fsp3) is 0.0645. The molecule has 8 nitrogen and oxygen atoms in total. The van der Waals surface area contributed by atoms with Crippen molar-refractivity contribution in [2.75, 3.05) is 11.1 Å². The summed E-state index contributed by atoms with van der Waals surface area (Å²) in [7, 11) is 0. The fourth-order valence-corrected chi connectivity index (χ4v) is 4.39. The largest absolute Gasteiger partial charge is 0.489 e. The molecule has 0 saturated carbocycles. The Kier molecular flexibility index (Phi) is 8.24. The van der Waals surface area contributed by atoms with E-state index in [2.05, 4.69) is 10.6 Å². The van der Waals surface area contributed by atoms with Gasteiger partial charge in [-0.25, -0.2) is 4.79 Å². The van der Waals surface area contributed by atoms with Crippen LogP contribution in [0.25, 0.3) is 11.0 Å². The van der Waals surface area contributed by atoms with Crippen molar-refractivity contribution in [2.45, 2.75) is 13.2 Å². The molecule has 206 valence electrons. The maximum absolute atomic E-state index is 12.8. The van der Waals surface area contributed by atoms with Crippen LogP contribution in [0.3, 0.4) is 0 Å². The molecule has 0 saturated heterocycles. The second-order valence-corrected chi connectivity index (χ2v) is 9.85. The van der Waals surface area contributed by atoms with Gasteiger partial charge in [0.2, 0.25) is 0 Å². The van der Waals surface area contributed by atoms with Gasteiger partial charge in [-0.3, -0.25) is 9.59 Å². The van der Waals surface area contributed by atoms with Crippen LogP contribution in [0.2, 0.25) is 10.0 Å². The van der Waals surface area contributed by atoms with E-state index >= 15 is 0 Å². The molecule has 0 radical (unpaired) electrons. The van der Waals surface area contributed by atoms with Crippen molar-refractivity contribution >= 4 is 57.4 Å². The third kappa shape index (κ3) is 6.51. The first-order valence-electron chi connectivity index (χ1n) is 12.4. The number of fused-ring (bicyclic) bond motifs is 1. The van der Waals surface area contributed by atoms with Gasteiger partial charge in [-0.1, -0.05) is 59.6 Å². The summed E-state index contributed by atoms with van der Waals surface area (Å²) < 4.78 is 11.2. The summed E-state index contributed by atoms with van der Waals surface area (Å²) in [6.07, 6.45) is 0. The van der Waals surface area contributed by atoms with Crippen LogP contribution >= 0.6 is 23.2 Å². The van der Waals surface area contributed by atoms with E-state index in [9.17, 15) is 14.4 Å². The summed E-state index contributed by atoms with van der Waals surface area (Å²) in [5.41, 5.74) is 8.10. The molecule has 4 N–H and O–H groups in total. The van der Waals surface area contributed by atoms with Crippen molar-refractivity contribution in [2.24, 2.45) is 0 Å². The number of benzene rings is 4. The Balaban J connectivity index is 1.21. The predicted octanol–water partition coefficient (Wildman–Crippen LogP) is 6.44. The van der Waals surface area contributed by atoms with Crippen LogP contribution in [0.5, 0.6) is 5.75 Å². The highest BCUT2D eigenvalue weighted by atomic mass is 35.5. The molecular weight excluding hydrogens is 565 g/mol. The molecule has 41 heavy (non-hydrogen) atoms. The number of nitrogens with two attached hydrogens (primary N) is 1. The number of halogens is 2. The van der Waals surface area contributed by atoms with E-state index in [1.165, 1.54) is 6.07 Å². The van der Waals surface area contributed by atoms with E-state index in [0.717, 1.165) is 5.56 Å². The molecule has 0 spiro atoms. The van der Waals surface area contributed by atoms with Gasteiger partial charge in [0.25, 0.3) is 11.8 Å². The number of nitrogens with one attached hydrogen (secondary N) is 2. The molecule has 5 aromatic rings. The van der Waals surface area contributed by atoms with Gasteiger partial charge >= 0.3 is 5.63 Å². The Morgan fingerprint density at radius 2 is 1.66 bits per heavy atom. The van der Waals surface area contributed by atoms with E-state index in [1.807, 2.05) is 0 Å².